The molecule has 160 valence electrons. The van der Waals surface area contributed by atoms with Crippen molar-refractivity contribution in [3.05, 3.63) is 61.8 Å². The molecule has 0 atom stereocenters. The van der Waals surface area contributed by atoms with Crippen LogP contribution in [0.3, 0.4) is 0 Å². The quantitative estimate of drug-likeness (QED) is 0.510. The lowest BCUT2D eigenvalue weighted by Crippen LogP contribution is -2.43. The number of nitrogens with zero attached hydrogens (tertiary/aromatic N) is 2. The summed E-state index contributed by atoms with van der Waals surface area (Å²) in [5, 5.41) is 0. The van der Waals surface area contributed by atoms with Gasteiger partial charge in [-0.3, -0.25) is 18.7 Å². The van der Waals surface area contributed by atoms with Crippen LogP contribution in [0, 0.1) is 5.92 Å². The third-order valence-electron chi connectivity index (χ3n) is 4.30. The smallest absolute Gasteiger partial charge is 0.339 e. The van der Waals surface area contributed by atoms with E-state index in [1.165, 1.54) is 38.4 Å². The molecule has 10 heteroatoms. The van der Waals surface area contributed by atoms with Gasteiger partial charge in [-0.15, -0.1) is 0 Å². The second-order valence-corrected chi connectivity index (χ2v) is 6.95. The van der Waals surface area contributed by atoms with Crippen LogP contribution in [0.1, 0.15) is 44.9 Å². The van der Waals surface area contributed by atoms with E-state index in [-0.39, 0.29) is 29.4 Å². The van der Waals surface area contributed by atoms with E-state index in [2.05, 4.69) is 4.74 Å². The number of ketones is 1. The molecule has 0 spiro atoms. The standard InChI is InChI=1S/C20H23N3O7/c1-11(2)9-23-16(21)15(17(25)22(3)20(23)28)14(24)10-30-19(27)13-8-6-5-7-12(13)18(26)29-4/h5-8,11H,9-10,21H2,1-4H3. The van der Waals surface area contributed by atoms with Gasteiger partial charge in [-0.1, -0.05) is 26.0 Å². The molecule has 0 radical (unpaired) electrons. The summed E-state index contributed by atoms with van der Waals surface area (Å²) in [5.74, 6) is -2.82. The molecule has 0 aliphatic carbocycles. The summed E-state index contributed by atoms with van der Waals surface area (Å²) in [7, 11) is 2.40. The number of benzene rings is 1. The van der Waals surface area contributed by atoms with E-state index in [9.17, 15) is 24.0 Å². The Balaban J connectivity index is 2.33. The highest BCUT2D eigenvalue weighted by Gasteiger charge is 2.24. The zero-order chi connectivity index (χ0) is 22.6. The van der Waals surface area contributed by atoms with Crippen molar-refractivity contribution in [1.29, 1.82) is 0 Å². The Morgan fingerprint density at radius 3 is 2.17 bits per heavy atom. The summed E-state index contributed by atoms with van der Waals surface area (Å²) in [6.07, 6.45) is 0. The molecule has 0 saturated carbocycles. The molecule has 0 fully saturated rings. The second kappa shape index (κ2) is 9.21. The first-order valence-electron chi connectivity index (χ1n) is 9.07. The lowest BCUT2D eigenvalue weighted by atomic mass is 10.1. The lowest BCUT2D eigenvalue weighted by molar-refractivity contribution is 0.0463. The van der Waals surface area contributed by atoms with Gasteiger partial charge in [-0.05, 0) is 18.1 Å². The van der Waals surface area contributed by atoms with Gasteiger partial charge in [0.25, 0.3) is 5.56 Å². The van der Waals surface area contributed by atoms with Crippen molar-refractivity contribution in [2.75, 3.05) is 19.5 Å². The van der Waals surface area contributed by atoms with Crippen LogP contribution in [-0.2, 0) is 23.1 Å². The van der Waals surface area contributed by atoms with E-state index in [1.807, 2.05) is 13.8 Å². The maximum atomic E-state index is 12.6. The third-order valence-corrected chi connectivity index (χ3v) is 4.30. The maximum Gasteiger partial charge on any atom is 0.339 e. The van der Waals surface area contributed by atoms with Crippen molar-refractivity contribution in [2.45, 2.75) is 20.4 Å². The van der Waals surface area contributed by atoms with Gasteiger partial charge in [-0.2, -0.15) is 0 Å². The van der Waals surface area contributed by atoms with Crippen LogP contribution in [-0.4, -0.2) is 40.6 Å². The van der Waals surface area contributed by atoms with Crippen molar-refractivity contribution >= 4 is 23.5 Å². The molecule has 0 saturated heterocycles. The van der Waals surface area contributed by atoms with Crippen LogP contribution in [0.4, 0.5) is 5.82 Å². The number of carbonyl (C=O) groups excluding carboxylic acids is 3. The number of aromatic nitrogens is 2. The van der Waals surface area contributed by atoms with E-state index < -0.39 is 41.1 Å². The molecule has 0 amide bonds. The lowest BCUT2D eigenvalue weighted by Gasteiger charge is -2.16. The van der Waals surface area contributed by atoms with Gasteiger partial charge in [0, 0.05) is 13.6 Å². The van der Waals surface area contributed by atoms with E-state index in [0.717, 1.165) is 9.13 Å². The molecule has 0 unspecified atom stereocenters. The average Bonchev–Trinajstić information content (AvgIpc) is 2.72. The van der Waals surface area contributed by atoms with Gasteiger partial charge in [-0.25, -0.2) is 14.4 Å². The number of methoxy groups -OCH3 is 1. The second-order valence-electron chi connectivity index (χ2n) is 6.95. The average molecular weight is 417 g/mol. The molecule has 0 aliphatic heterocycles. The van der Waals surface area contributed by atoms with E-state index in [1.54, 1.807) is 0 Å². The summed E-state index contributed by atoms with van der Waals surface area (Å²) in [4.78, 5) is 61.5. The van der Waals surface area contributed by atoms with Crippen LogP contribution < -0.4 is 17.0 Å². The van der Waals surface area contributed by atoms with Gasteiger partial charge in [0.2, 0.25) is 5.78 Å². The molecular weight excluding hydrogens is 394 g/mol. The Bertz CT molecular complexity index is 1110. The fraction of sp³-hybridized carbons (Fsp3) is 0.350. The minimum Gasteiger partial charge on any atom is -0.465 e. The number of hydrogen-bond donors (Lipinski definition) is 1. The van der Waals surface area contributed by atoms with Gasteiger partial charge in [0.15, 0.2) is 6.61 Å². The molecule has 1 aromatic carbocycles. The highest BCUT2D eigenvalue weighted by atomic mass is 16.5. The van der Waals surface area contributed by atoms with Crippen molar-refractivity contribution in [1.82, 2.24) is 9.13 Å². The number of hydrogen-bond acceptors (Lipinski definition) is 8. The molecule has 10 nitrogen and oxygen atoms in total. The first-order chi connectivity index (χ1) is 14.1. The number of rotatable bonds is 7. The highest BCUT2D eigenvalue weighted by molar-refractivity contribution is 6.05. The molecule has 1 heterocycles. The van der Waals surface area contributed by atoms with E-state index >= 15 is 0 Å². The van der Waals surface area contributed by atoms with Gasteiger partial charge >= 0.3 is 17.6 Å². The first kappa shape index (κ1) is 22.6. The normalized spacial score (nSPS) is 10.7. The first-order valence-corrected chi connectivity index (χ1v) is 9.07. The van der Waals surface area contributed by atoms with Crippen LogP contribution in [0.25, 0.3) is 0 Å². The summed E-state index contributed by atoms with van der Waals surface area (Å²) in [5.41, 5.74) is 3.84. The SMILES string of the molecule is COC(=O)c1ccccc1C(=O)OCC(=O)c1c(N)n(CC(C)C)c(=O)n(C)c1=O. The van der Waals surface area contributed by atoms with Crippen LogP contribution in [0.5, 0.6) is 0 Å². The summed E-state index contributed by atoms with van der Waals surface area (Å²) < 4.78 is 11.5. The van der Waals surface area contributed by atoms with Crippen LogP contribution >= 0.6 is 0 Å². The Morgan fingerprint density at radius 1 is 1.07 bits per heavy atom. The van der Waals surface area contributed by atoms with Crippen molar-refractivity contribution in [3.8, 4) is 0 Å². The summed E-state index contributed by atoms with van der Waals surface area (Å²) in [6, 6.07) is 5.77. The predicted molar refractivity (Wildman–Crippen MR) is 108 cm³/mol. The number of anilines is 1. The Morgan fingerprint density at radius 2 is 1.63 bits per heavy atom. The summed E-state index contributed by atoms with van der Waals surface area (Å²) in [6.45, 7) is 3.09. The molecule has 1 aromatic heterocycles. The highest BCUT2D eigenvalue weighted by Crippen LogP contribution is 2.13. The van der Waals surface area contributed by atoms with Gasteiger partial charge in [0.05, 0.1) is 18.2 Å². The molecule has 2 aromatic rings. The van der Waals surface area contributed by atoms with Gasteiger partial charge < -0.3 is 15.2 Å². The van der Waals surface area contributed by atoms with Crippen LogP contribution in [0.2, 0.25) is 0 Å². The molecular formula is C20H23N3O7. The minimum atomic E-state index is -0.949. The van der Waals surface area contributed by atoms with Crippen LogP contribution in [0.15, 0.2) is 33.9 Å². The number of carbonyl (C=O) groups is 3. The monoisotopic (exact) mass is 417 g/mol. The molecule has 0 bridgehead atoms. The molecule has 0 aliphatic rings. The molecule has 2 rings (SSSR count). The minimum absolute atomic E-state index is 0.0260. The van der Waals surface area contributed by atoms with Crippen molar-refractivity contribution in [2.24, 2.45) is 13.0 Å². The predicted octanol–water partition coefficient (Wildman–Crippen LogP) is 0.611. The number of ether oxygens (including phenoxy) is 2. The molecule has 2 N–H and O–H groups in total. The van der Waals surface area contributed by atoms with E-state index in [4.69, 9.17) is 10.5 Å². The Labute approximate surface area is 171 Å². The number of esters is 2. The zero-order valence-electron chi connectivity index (χ0n) is 17.1. The Hall–Kier alpha value is -3.69. The summed E-state index contributed by atoms with van der Waals surface area (Å²) >= 11 is 0. The van der Waals surface area contributed by atoms with Crippen molar-refractivity contribution in [3.63, 3.8) is 0 Å². The fourth-order valence-corrected chi connectivity index (χ4v) is 2.82. The number of Topliss-reactive ketones (excluding diaryl/α,β-unsaturated/α-hetero) is 1. The Kier molecular flexibility index (Phi) is 6.93. The molecule has 30 heavy (non-hydrogen) atoms. The van der Waals surface area contributed by atoms with E-state index in [0.29, 0.717) is 0 Å². The van der Waals surface area contributed by atoms with Gasteiger partial charge in [0.1, 0.15) is 11.4 Å². The van der Waals surface area contributed by atoms with Crippen molar-refractivity contribution < 1.29 is 23.9 Å². The number of nitrogens with two attached hydrogens (primary N) is 1. The zero-order valence-corrected chi connectivity index (χ0v) is 17.1. The maximum absolute atomic E-state index is 12.6. The largest absolute Gasteiger partial charge is 0.465 e. The third kappa shape index (κ3) is 4.48. The fourth-order valence-electron chi connectivity index (χ4n) is 2.82. The topological polar surface area (TPSA) is 140 Å². The number of nitrogen functional groups attached to an aromatic ring is 1.